The monoisotopic (exact) mass is 433 g/mol. The van der Waals surface area contributed by atoms with Crippen LogP contribution in [0.1, 0.15) is 17.0 Å². The standard InChI is InChI=1S/C25H27N5.ClH/c1-16-12-21(13-17(2)28-16)25-18(3)22-6-4-19(14-23(22)29-25)20-5-7-24(27-15-20)30-10-8-26-9-11-30;/h4-7,12-15,26,29H,8-11H2,1-3H3;1H. The highest BCUT2D eigenvalue weighted by Gasteiger charge is 2.13. The highest BCUT2D eigenvalue weighted by molar-refractivity contribution is 5.93. The quantitative estimate of drug-likeness (QED) is 0.474. The number of nitrogens with one attached hydrogen (secondary N) is 2. The van der Waals surface area contributed by atoms with E-state index < -0.39 is 0 Å². The Hall–Kier alpha value is -2.89. The fourth-order valence-corrected chi connectivity index (χ4v) is 4.42. The van der Waals surface area contributed by atoms with Crippen LogP contribution in [0.4, 0.5) is 5.82 Å². The van der Waals surface area contributed by atoms with Crippen LogP contribution < -0.4 is 10.2 Å². The number of fused-ring (bicyclic) bond motifs is 1. The number of H-pyrrole nitrogens is 1. The molecule has 1 aromatic carbocycles. The largest absolute Gasteiger partial charge is 0.354 e. The lowest BCUT2D eigenvalue weighted by Crippen LogP contribution is -2.43. The topological polar surface area (TPSA) is 56.8 Å². The van der Waals surface area contributed by atoms with E-state index in [9.17, 15) is 0 Å². The van der Waals surface area contributed by atoms with Gasteiger partial charge in [0.2, 0.25) is 0 Å². The second-order valence-corrected chi connectivity index (χ2v) is 8.17. The van der Waals surface area contributed by atoms with Crippen LogP contribution >= 0.6 is 12.4 Å². The minimum absolute atomic E-state index is 0. The number of benzene rings is 1. The molecule has 0 unspecified atom stereocenters. The molecule has 0 radical (unpaired) electrons. The molecule has 1 fully saturated rings. The molecule has 4 aromatic rings. The van der Waals surface area contributed by atoms with E-state index in [1.165, 1.54) is 27.8 Å². The van der Waals surface area contributed by atoms with Crippen molar-refractivity contribution in [2.75, 3.05) is 31.1 Å². The number of nitrogens with zero attached hydrogens (tertiary/aromatic N) is 3. The molecule has 1 aliphatic rings. The summed E-state index contributed by atoms with van der Waals surface area (Å²) in [7, 11) is 0. The van der Waals surface area contributed by atoms with Gasteiger partial charge in [-0.3, -0.25) is 4.98 Å². The van der Waals surface area contributed by atoms with Crippen molar-refractivity contribution in [1.82, 2.24) is 20.3 Å². The molecule has 0 aliphatic carbocycles. The van der Waals surface area contributed by atoms with Crippen molar-refractivity contribution >= 4 is 29.1 Å². The average molecular weight is 434 g/mol. The molecule has 0 spiro atoms. The van der Waals surface area contributed by atoms with Crippen LogP contribution in [0, 0.1) is 20.8 Å². The van der Waals surface area contributed by atoms with Gasteiger partial charge >= 0.3 is 0 Å². The van der Waals surface area contributed by atoms with E-state index in [1.54, 1.807) is 0 Å². The Kier molecular flexibility index (Phi) is 5.99. The van der Waals surface area contributed by atoms with Gasteiger partial charge in [0.25, 0.3) is 0 Å². The van der Waals surface area contributed by atoms with Gasteiger partial charge in [0.15, 0.2) is 0 Å². The fourth-order valence-electron chi connectivity index (χ4n) is 4.42. The van der Waals surface area contributed by atoms with Crippen LogP contribution in [0.5, 0.6) is 0 Å². The molecule has 5 nitrogen and oxygen atoms in total. The van der Waals surface area contributed by atoms with Crippen molar-refractivity contribution in [3.05, 3.63) is 65.6 Å². The minimum Gasteiger partial charge on any atom is -0.354 e. The SMILES string of the molecule is Cc1cc(-c2[nH]c3cc(-c4ccc(N5CCNCC5)nc4)ccc3c2C)cc(C)n1.Cl. The Morgan fingerprint density at radius 3 is 2.23 bits per heavy atom. The lowest BCUT2D eigenvalue weighted by atomic mass is 10.0. The van der Waals surface area contributed by atoms with E-state index in [0.717, 1.165) is 54.5 Å². The molecule has 1 aliphatic heterocycles. The molecule has 5 rings (SSSR count). The third-order valence-corrected chi connectivity index (χ3v) is 5.95. The number of halogens is 1. The molecule has 6 heteroatoms. The molecule has 4 heterocycles. The normalized spacial score (nSPS) is 14.0. The molecular weight excluding hydrogens is 406 g/mol. The summed E-state index contributed by atoms with van der Waals surface area (Å²) >= 11 is 0. The summed E-state index contributed by atoms with van der Waals surface area (Å²) in [5, 5.41) is 4.64. The average Bonchev–Trinajstić information content (AvgIpc) is 3.10. The van der Waals surface area contributed by atoms with Gasteiger partial charge in [-0.25, -0.2) is 4.98 Å². The first-order chi connectivity index (χ1) is 14.6. The van der Waals surface area contributed by atoms with E-state index in [-0.39, 0.29) is 12.4 Å². The molecule has 0 atom stereocenters. The second kappa shape index (κ2) is 8.69. The first-order valence-corrected chi connectivity index (χ1v) is 10.6. The van der Waals surface area contributed by atoms with Crippen molar-refractivity contribution in [3.63, 3.8) is 0 Å². The zero-order valence-electron chi connectivity index (χ0n) is 18.2. The van der Waals surface area contributed by atoms with Crippen LogP contribution in [-0.2, 0) is 0 Å². The molecule has 0 amide bonds. The van der Waals surface area contributed by atoms with Crippen molar-refractivity contribution < 1.29 is 0 Å². The summed E-state index contributed by atoms with van der Waals surface area (Å²) in [4.78, 5) is 15.2. The van der Waals surface area contributed by atoms with E-state index in [1.807, 2.05) is 20.0 Å². The van der Waals surface area contributed by atoms with Gasteiger partial charge in [0.1, 0.15) is 5.82 Å². The number of aromatic amines is 1. The molecule has 0 saturated carbocycles. The van der Waals surface area contributed by atoms with Crippen LogP contribution in [0.25, 0.3) is 33.3 Å². The maximum absolute atomic E-state index is 4.73. The molecule has 2 N–H and O–H groups in total. The number of rotatable bonds is 3. The van der Waals surface area contributed by atoms with E-state index in [4.69, 9.17) is 4.98 Å². The van der Waals surface area contributed by atoms with E-state index in [0.29, 0.717) is 0 Å². The van der Waals surface area contributed by atoms with Crippen LogP contribution in [0.3, 0.4) is 0 Å². The zero-order valence-corrected chi connectivity index (χ0v) is 19.0. The lowest BCUT2D eigenvalue weighted by Gasteiger charge is -2.28. The van der Waals surface area contributed by atoms with Gasteiger partial charge in [-0.05, 0) is 62.2 Å². The summed E-state index contributed by atoms with van der Waals surface area (Å²) in [5.74, 6) is 1.06. The van der Waals surface area contributed by atoms with Gasteiger partial charge in [-0.15, -0.1) is 12.4 Å². The van der Waals surface area contributed by atoms with Gasteiger partial charge in [-0.1, -0.05) is 12.1 Å². The summed E-state index contributed by atoms with van der Waals surface area (Å²) < 4.78 is 0. The predicted molar refractivity (Wildman–Crippen MR) is 131 cm³/mol. The summed E-state index contributed by atoms with van der Waals surface area (Å²) in [6, 6.07) is 15.2. The van der Waals surface area contributed by atoms with Crippen LogP contribution in [-0.4, -0.2) is 41.1 Å². The summed E-state index contributed by atoms with van der Waals surface area (Å²) in [6.45, 7) is 10.3. The molecule has 1 saturated heterocycles. The molecule has 3 aromatic heterocycles. The Labute approximate surface area is 189 Å². The van der Waals surface area contributed by atoms with Crippen LogP contribution in [0.15, 0.2) is 48.7 Å². The number of anilines is 1. The maximum Gasteiger partial charge on any atom is 0.128 e. The zero-order chi connectivity index (χ0) is 20.7. The number of hydrogen-bond acceptors (Lipinski definition) is 4. The molecule has 160 valence electrons. The first kappa shape index (κ1) is 21.3. The number of aromatic nitrogens is 3. The third kappa shape index (κ3) is 4.16. The maximum atomic E-state index is 4.73. The first-order valence-electron chi connectivity index (χ1n) is 10.6. The number of piperazine rings is 1. The highest BCUT2D eigenvalue weighted by Crippen LogP contribution is 2.33. The Balaban J connectivity index is 0.00000231. The predicted octanol–water partition coefficient (Wildman–Crippen LogP) is 5.05. The van der Waals surface area contributed by atoms with E-state index in [2.05, 4.69) is 69.6 Å². The van der Waals surface area contributed by atoms with Crippen molar-refractivity contribution in [3.8, 4) is 22.4 Å². The van der Waals surface area contributed by atoms with Gasteiger partial charge in [0.05, 0.1) is 0 Å². The number of pyridine rings is 2. The van der Waals surface area contributed by atoms with Gasteiger partial charge < -0.3 is 15.2 Å². The Bertz CT molecular complexity index is 1190. The van der Waals surface area contributed by atoms with Crippen molar-refractivity contribution in [2.24, 2.45) is 0 Å². The molecular formula is C25H28ClN5. The van der Waals surface area contributed by atoms with Crippen molar-refractivity contribution in [1.29, 1.82) is 0 Å². The fraction of sp³-hybridized carbons (Fsp3) is 0.280. The van der Waals surface area contributed by atoms with Crippen molar-refractivity contribution in [2.45, 2.75) is 20.8 Å². The van der Waals surface area contributed by atoms with Crippen LogP contribution in [0.2, 0.25) is 0 Å². The second-order valence-electron chi connectivity index (χ2n) is 8.17. The number of aryl methyl sites for hydroxylation is 3. The van der Waals surface area contributed by atoms with Gasteiger partial charge in [0, 0.05) is 71.5 Å². The molecule has 0 bridgehead atoms. The van der Waals surface area contributed by atoms with Gasteiger partial charge in [-0.2, -0.15) is 0 Å². The third-order valence-electron chi connectivity index (χ3n) is 5.95. The lowest BCUT2D eigenvalue weighted by molar-refractivity contribution is 0.585. The highest BCUT2D eigenvalue weighted by atomic mass is 35.5. The Morgan fingerprint density at radius 2 is 1.55 bits per heavy atom. The summed E-state index contributed by atoms with van der Waals surface area (Å²) in [5.41, 5.74) is 9.18. The smallest absolute Gasteiger partial charge is 0.128 e. The molecule has 31 heavy (non-hydrogen) atoms. The van der Waals surface area contributed by atoms with E-state index >= 15 is 0 Å². The summed E-state index contributed by atoms with van der Waals surface area (Å²) in [6.07, 6.45) is 1.99. The Morgan fingerprint density at radius 1 is 0.839 bits per heavy atom. The minimum atomic E-state index is 0. The number of hydrogen-bond donors (Lipinski definition) is 2.